The molecule has 0 aliphatic carbocycles. The monoisotopic (exact) mass is 111 g/mol. The molecule has 0 spiro atoms. The molecule has 0 aliphatic heterocycles. The molecule has 0 heteroatoms. The molecule has 0 nitrogen and oxygen atoms in total. The Morgan fingerprint density at radius 2 is 2.00 bits per heavy atom. The molecule has 1 radical (unpaired) electrons. The quantitative estimate of drug-likeness (QED) is 0.489. The summed E-state index contributed by atoms with van der Waals surface area (Å²) < 4.78 is 0. The first-order valence-electron chi connectivity index (χ1n) is 3.27. The average molecular weight is 111 g/mol. The zero-order chi connectivity index (χ0) is 6.41. The van der Waals surface area contributed by atoms with Crippen LogP contribution in [0.5, 0.6) is 0 Å². The lowest BCUT2D eigenvalue weighted by atomic mass is 10.1. The van der Waals surface area contributed by atoms with Crippen LogP contribution in [0.1, 0.15) is 32.6 Å². The highest BCUT2D eigenvalue weighted by Crippen LogP contribution is 2.04. The second kappa shape index (κ2) is 4.89. The molecular weight excluding hydrogens is 96.1 g/mol. The predicted molar refractivity (Wildman–Crippen MR) is 38.6 cm³/mol. The summed E-state index contributed by atoms with van der Waals surface area (Å²) in [6.07, 6.45) is 4.97. The van der Waals surface area contributed by atoms with Crippen LogP contribution < -0.4 is 0 Å². The van der Waals surface area contributed by atoms with E-state index in [-0.39, 0.29) is 0 Å². The summed E-state index contributed by atoms with van der Waals surface area (Å²) in [5, 5.41) is 0. The molecule has 0 amide bonds. The molecule has 0 N–H and O–H groups in total. The second-order valence-electron chi connectivity index (χ2n) is 2.21. The Morgan fingerprint density at radius 1 is 1.38 bits per heavy atom. The summed E-state index contributed by atoms with van der Waals surface area (Å²) in [5.74, 6) is 0. The fraction of sp³-hybridized carbons (Fsp3) is 0.625. The van der Waals surface area contributed by atoms with Gasteiger partial charge in [0.1, 0.15) is 0 Å². The summed E-state index contributed by atoms with van der Waals surface area (Å²) in [4.78, 5) is 0. The summed E-state index contributed by atoms with van der Waals surface area (Å²) in [6.45, 7) is 9.63. The van der Waals surface area contributed by atoms with Crippen LogP contribution in [0.2, 0.25) is 0 Å². The van der Waals surface area contributed by atoms with Crippen molar-refractivity contribution in [3.63, 3.8) is 0 Å². The van der Waals surface area contributed by atoms with Crippen molar-refractivity contribution < 1.29 is 0 Å². The van der Waals surface area contributed by atoms with Crippen LogP contribution in [-0.2, 0) is 0 Å². The minimum absolute atomic E-state index is 1.07. The molecule has 0 bridgehead atoms. The number of allylic oxidation sites excluding steroid dienone is 1. The van der Waals surface area contributed by atoms with E-state index in [9.17, 15) is 0 Å². The first-order valence-corrected chi connectivity index (χ1v) is 3.27. The zero-order valence-corrected chi connectivity index (χ0v) is 5.74. The molecule has 0 heterocycles. The molecule has 8 heavy (non-hydrogen) atoms. The van der Waals surface area contributed by atoms with E-state index in [0.717, 1.165) is 12.0 Å². The van der Waals surface area contributed by atoms with E-state index in [1.54, 1.807) is 0 Å². The average Bonchev–Trinajstić information content (AvgIpc) is 1.66. The van der Waals surface area contributed by atoms with Crippen LogP contribution in [0.25, 0.3) is 0 Å². The molecule has 0 saturated carbocycles. The highest BCUT2D eigenvalue weighted by molar-refractivity contribution is 4.96. The fourth-order valence-electron chi connectivity index (χ4n) is 0.625. The Hall–Kier alpha value is -0.260. The molecular formula is C8H15. The first-order chi connectivity index (χ1) is 3.77. The van der Waals surface area contributed by atoms with Gasteiger partial charge in [0.2, 0.25) is 0 Å². The van der Waals surface area contributed by atoms with Crippen LogP contribution in [-0.4, -0.2) is 0 Å². The van der Waals surface area contributed by atoms with Crippen LogP contribution in [0.4, 0.5) is 0 Å². The molecule has 0 saturated heterocycles. The van der Waals surface area contributed by atoms with Crippen LogP contribution in [0.15, 0.2) is 12.2 Å². The van der Waals surface area contributed by atoms with Crippen molar-refractivity contribution in [2.75, 3.05) is 0 Å². The van der Waals surface area contributed by atoms with Gasteiger partial charge in [-0.1, -0.05) is 31.9 Å². The lowest BCUT2D eigenvalue weighted by Crippen LogP contribution is -1.75. The van der Waals surface area contributed by atoms with Crippen molar-refractivity contribution in [3.8, 4) is 0 Å². The lowest BCUT2D eigenvalue weighted by Gasteiger charge is -1.94. The lowest BCUT2D eigenvalue weighted by molar-refractivity contribution is 0.720. The Kier molecular flexibility index (Phi) is 4.73. The SMILES string of the molecule is [CH2]C(=C)CCCCC. The van der Waals surface area contributed by atoms with E-state index in [4.69, 9.17) is 0 Å². The van der Waals surface area contributed by atoms with E-state index < -0.39 is 0 Å². The van der Waals surface area contributed by atoms with Crippen LogP contribution >= 0.6 is 0 Å². The Labute approximate surface area is 52.6 Å². The number of rotatable bonds is 4. The van der Waals surface area contributed by atoms with E-state index >= 15 is 0 Å². The minimum atomic E-state index is 1.07. The van der Waals surface area contributed by atoms with Gasteiger partial charge in [-0.15, -0.1) is 0 Å². The van der Waals surface area contributed by atoms with Gasteiger partial charge >= 0.3 is 0 Å². The fourth-order valence-corrected chi connectivity index (χ4v) is 0.625. The summed E-state index contributed by atoms with van der Waals surface area (Å²) in [5.41, 5.74) is 1.07. The van der Waals surface area contributed by atoms with Crippen molar-refractivity contribution in [2.24, 2.45) is 0 Å². The van der Waals surface area contributed by atoms with E-state index in [1.807, 2.05) is 0 Å². The molecule has 0 atom stereocenters. The van der Waals surface area contributed by atoms with Gasteiger partial charge in [-0.25, -0.2) is 0 Å². The molecule has 47 valence electrons. The highest BCUT2D eigenvalue weighted by Gasteiger charge is 1.84. The summed E-state index contributed by atoms with van der Waals surface area (Å²) in [7, 11) is 0. The van der Waals surface area contributed by atoms with Crippen molar-refractivity contribution in [2.45, 2.75) is 32.6 Å². The number of unbranched alkanes of at least 4 members (excludes halogenated alkanes) is 2. The standard InChI is InChI=1S/C8H15/c1-4-5-6-7-8(2)3/h2-7H2,1H3. The molecule has 0 aliphatic rings. The van der Waals surface area contributed by atoms with Gasteiger partial charge in [-0.05, 0) is 19.8 Å². The molecule has 0 aromatic heterocycles. The van der Waals surface area contributed by atoms with Gasteiger partial charge in [0.15, 0.2) is 0 Å². The van der Waals surface area contributed by atoms with Crippen LogP contribution in [0.3, 0.4) is 0 Å². The molecule has 0 fully saturated rings. The number of hydrogen-bond acceptors (Lipinski definition) is 0. The van der Waals surface area contributed by atoms with Gasteiger partial charge in [0.05, 0.1) is 0 Å². The third-order valence-electron chi connectivity index (χ3n) is 1.13. The largest absolute Gasteiger partial charge is 0.0999 e. The van der Waals surface area contributed by atoms with Crippen molar-refractivity contribution >= 4 is 0 Å². The summed E-state index contributed by atoms with van der Waals surface area (Å²) in [6, 6.07) is 0. The topological polar surface area (TPSA) is 0 Å². The van der Waals surface area contributed by atoms with E-state index in [2.05, 4.69) is 20.4 Å². The van der Waals surface area contributed by atoms with Gasteiger partial charge in [-0.3, -0.25) is 0 Å². The van der Waals surface area contributed by atoms with Crippen LogP contribution in [0, 0.1) is 6.92 Å². The van der Waals surface area contributed by atoms with Gasteiger partial charge < -0.3 is 0 Å². The van der Waals surface area contributed by atoms with Gasteiger partial charge in [-0.2, -0.15) is 0 Å². The zero-order valence-electron chi connectivity index (χ0n) is 5.74. The minimum Gasteiger partial charge on any atom is -0.0999 e. The first kappa shape index (κ1) is 7.74. The molecule has 0 aromatic carbocycles. The highest BCUT2D eigenvalue weighted by atomic mass is 13.9. The maximum Gasteiger partial charge on any atom is -0.0286 e. The second-order valence-corrected chi connectivity index (χ2v) is 2.21. The van der Waals surface area contributed by atoms with E-state index in [0.29, 0.717) is 0 Å². The maximum atomic E-state index is 3.72. The van der Waals surface area contributed by atoms with Crippen molar-refractivity contribution in [3.05, 3.63) is 19.1 Å². The van der Waals surface area contributed by atoms with Gasteiger partial charge in [0, 0.05) is 0 Å². The van der Waals surface area contributed by atoms with Gasteiger partial charge in [0.25, 0.3) is 0 Å². The van der Waals surface area contributed by atoms with Crippen molar-refractivity contribution in [1.82, 2.24) is 0 Å². The van der Waals surface area contributed by atoms with E-state index in [1.165, 1.54) is 19.3 Å². The smallest absolute Gasteiger partial charge is 0.0286 e. The third-order valence-corrected chi connectivity index (χ3v) is 1.13. The Bertz CT molecular complexity index is 62.4. The van der Waals surface area contributed by atoms with Crippen molar-refractivity contribution in [1.29, 1.82) is 0 Å². The normalized spacial score (nSPS) is 9.25. The number of hydrogen-bond donors (Lipinski definition) is 0. The maximum absolute atomic E-state index is 3.72. The Morgan fingerprint density at radius 3 is 2.38 bits per heavy atom. The molecule has 0 aromatic rings. The molecule has 0 unspecified atom stereocenters. The predicted octanol–water partition coefficient (Wildman–Crippen LogP) is 2.96. The summed E-state index contributed by atoms with van der Waals surface area (Å²) >= 11 is 0. The Balaban J connectivity index is 2.82. The third kappa shape index (κ3) is 5.74. The molecule has 0 rings (SSSR count).